The molecule has 5 rings (SSSR count). The van der Waals surface area contributed by atoms with E-state index in [0.717, 1.165) is 47.2 Å². The van der Waals surface area contributed by atoms with Crippen LogP contribution in [0.2, 0.25) is 0 Å². The van der Waals surface area contributed by atoms with Crippen LogP contribution in [0, 0.1) is 6.92 Å². The molecular formula is C24H24N2O4S. The van der Waals surface area contributed by atoms with Crippen molar-refractivity contribution in [3.8, 4) is 17.2 Å². The third kappa shape index (κ3) is 4.23. The fourth-order valence-electron chi connectivity index (χ4n) is 4.14. The van der Waals surface area contributed by atoms with E-state index in [2.05, 4.69) is 4.98 Å². The van der Waals surface area contributed by atoms with Gasteiger partial charge in [0.15, 0.2) is 11.5 Å². The number of carbonyl (C=O) groups is 1. The quantitative estimate of drug-likeness (QED) is 0.576. The number of hydrogen-bond donors (Lipinski definition) is 0. The minimum atomic E-state index is 0.0207. The number of rotatable bonds is 5. The van der Waals surface area contributed by atoms with E-state index < -0.39 is 0 Å². The van der Waals surface area contributed by atoms with Crippen LogP contribution in [0.4, 0.5) is 0 Å². The first-order valence-electron chi connectivity index (χ1n) is 10.5. The Morgan fingerprint density at radius 2 is 2.06 bits per heavy atom. The Morgan fingerprint density at radius 1 is 1.19 bits per heavy atom. The molecule has 7 heteroatoms. The maximum atomic E-state index is 13.4. The van der Waals surface area contributed by atoms with Crippen molar-refractivity contribution in [3.63, 3.8) is 0 Å². The number of nitrogens with zero attached hydrogens (tertiary/aromatic N) is 2. The van der Waals surface area contributed by atoms with Gasteiger partial charge in [-0.05, 0) is 55.7 Å². The average molecular weight is 437 g/mol. The number of aryl methyl sites for hydroxylation is 1. The molecule has 0 aliphatic carbocycles. The molecule has 2 aliphatic heterocycles. The van der Waals surface area contributed by atoms with Crippen molar-refractivity contribution in [1.82, 2.24) is 9.88 Å². The Labute approximate surface area is 185 Å². The van der Waals surface area contributed by atoms with Crippen molar-refractivity contribution >= 4 is 17.2 Å². The Bertz CT molecular complexity index is 1100. The molecule has 0 unspecified atom stereocenters. The summed E-state index contributed by atoms with van der Waals surface area (Å²) in [6.07, 6.45) is 1.91. The number of carbonyl (C=O) groups excluding carboxylic acids is 1. The molecule has 160 valence electrons. The molecule has 0 bridgehead atoms. The molecule has 1 fully saturated rings. The highest BCUT2D eigenvalue weighted by Gasteiger charge is 2.31. The van der Waals surface area contributed by atoms with Crippen molar-refractivity contribution in [3.05, 3.63) is 69.7 Å². The molecule has 0 spiro atoms. The predicted molar refractivity (Wildman–Crippen MR) is 118 cm³/mol. The fraction of sp³-hybridized carbons (Fsp3) is 0.333. The summed E-state index contributed by atoms with van der Waals surface area (Å²) >= 11 is 1.60. The summed E-state index contributed by atoms with van der Waals surface area (Å²) in [6.45, 7) is 4.23. The lowest BCUT2D eigenvalue weighted by atomic mass is 10.0. The van der Waals surface area contributed by atoms with Gasteiger partial charge < -0.3 is 19.1 Å². The van der Waals surface area contributed by atoms with Crippen molar-refractivity contribution in [2.45, 2.75) is 32.4 Å². The van der Waals surface area contributed by atoms with Gasteiger partial charge in [0.05, 0.1) is 16.7 Å². The first-order chi connectivity index (χ1) is 15.2. The molecule has 0 saturated carbocycles. The van der Waals surface area contributed by atoms with Gasteiger partial charge in [0, 0.05) is 17.5 Å². The van der Waals surface area contributed by atoms with Gasteiger partial charge in [-0.3, -0.25) is 4.79 Å². The Hall–Kier alpha value is -3.06. The van der Waals surface area contributed by atoms with E-state index >= 15 is 0 Å². The van der Waals surface area contributed by atoms with Crippen LogP contribution < -0.4 is 14.2 Å². The molecule has 1 amide bonds. The van der Waals surface area contributed by atoms with Crippen LogP contribution in [0.3, 0.4) is 0 Å². The summed E-state index contributed by atoms with van der Waals surface area (Å²) in [7, 11) is 0. The van der Waals surface area contributed by atoms with Crippen molar-refractivity contribution in [2.24, 2.45) is 0 Å². The number of amides is 1. The largest absolute Gasteiger partial charge is 0.487 e. The minimum absolute atomic E-state index is 0.0207. The van der Waals surface area contributed by atoms with E-state index in [1.807, 2.05) is 59.7 Å². The third-order valence-electron chi connectivity index (χ3n) is 5.60. The molecule has 3 heterocycles. The van der Waals surface area contributed by atoms with Gasteiger partial charge in [-0.1, -0.05) is 12.1 Å². The summed E-state index contributed by atoms with van der Waals surface area (Å²) < 4.78 is 17.2. The fourth-order valence-corrected chi connectivity index (χ4v) is 4.74. The van der Waals surface area contributed by atoms with E-state index in [1.54, 1.807) is 11.3 Å². The summed E-state index contributed by atoms with van der Waals surface area (Å²) in [6, 6.07) is 13.4. The van der Waals surface area contributed by atoms with Gasteiger partial charge in [0.1, 0.15) is 25.6 Å². The number of aromatic nitrogens is 1. The summed E-state index contributed by atoms with van der Waals surface area (Å²) in [5.74, 6) is 2.22. The van der Waals surface area contributed by atoms with Crippen LogP contribution in [0.5, 0.6) is 17.2 Å². The maximum Gasteiger partial charge on any atom is 0.254 e. The van der Waals surface area contributed by atoms with Crippen LogP contribution in [0.25, 0.3) is 0 Å². The molecule has 0 N–H and O–H groups in total. The number of thiazole rings is 1. The topological polar surface area (TPSA) is 60.9 Å². The summed E-state index contributed by atoms with van der Waals surface area (Å²) in [4.78, 5) is 19.7. The van der Waals surface area contributed by atoms with Gasteiger partial charge in [0.25, 0.3) is 5.91 Å². The number of ether oxygens (including phenoxy) is 3. The van der Waals surface area contributed by atoms with Crippen LogP contribution >= 0.6 is 11.3 Å². The highest BCUT2D eigenvalue weighted by molar-refractivity contribution is 7.09. The molecule has 3 aromatic rings. The van der Waals surface area contributed by atoms with E-state index in [1.165, 1.54) is 0 Å². The van der Waals surface area contributed by atoms with Crippen LogP contribution in [-0.4, -0.2) is 35.5 Å². The van der Waals surface area contributed by atoms with Crippen LogP contribution in [0.1, 0.15) is 45.5 Å². The van der Waals surface area contributed by atoms with Gasteiger partial charge in [0.2, 0.25) is 0 Å². The second-order valence-electron chi connectivity index (χ2n) is 7.73. The molecule has 31 heavy (non-hydrogen) atoms. The highest BCUT2D eigenvalue weighted by atomic mass is 32.1. The average Bonchev–Trinajstić information content (AvgIpc) is 3.46. The smallest absolute Gasteiger partial charge is 0.254 e. The van der Waals surface area contributed by atoms with Gasteiger partial charge in [-0.15, -0.1) is 11.3 Å². The van der Waals surface area contributed by atoms with Crippen LogP contribution in [-0.2, 0) is 6.61 Å². The first-order valence-corrected chi connectivity index (χ1v) is 11.4. The Kier molecular flexibility index (Phi) is 5.51. The molecule has 1 atom stereocenters. The lowest BCUT2D eigenvalue weighted by Crippen LogP contribution is -2.30. The SMILES string of the molecule is Cc1nc(COc2cccc(C(=O)N3CCC[C@@H]3c3ccc4c(c3)OCCO4)c2)cs1. The second kappa shape index (κ2) is 8.59. The van der Waals surface area contributed by atoms with Gasteiger partial charge in [-0.25, -0.2) is 4.98 Å². The minimum Gasteiger partial charge on any atom is -0.487 e. The maximum absolute atomic E-state index is 13.4. The molecular weight excluding hydrogens is 412 g/mol. The summed E-state index contributed by atoms with van der Waals surface area (Å²) in [5.41, 5.74) is 2.62. The van der Waals surface area contributed by atoms with Gasteiger partial charge in [-0.2, -0.15) is 0 Å². The van der Waals surface area contributed by atoms with Crippen molar-refractivity contribution in [1.29, 1.82) is 0 Å². The summed E-state index contributed by atoms with van der Waals surface area (Å²) in [5, 5.41) is 3.01. The van der Waals surface area contributed by atoms with Crippen molar-refractivity contribution in [2.75, 3.05) is 19.8 Å². The van der Waals surface area contributed by atoms with E-state index in [0.29, 0.717) is 31.1 Å². The second-order valence-corrected chi connectivity index (χ2v) is 8.80. The molecule has 2 aromatic carbocycles. The normalized spacial score (nSPS) is 17.6. The van der Waals surface area contributed by atoms with Gasteiger partial charge >= 0.3 is 0 Å². The highest BCUT2D eigenvalue weighted by Crippen LogP contribution is 2.38. The Morgan fingerprint density at radius 3 is 2.90 bits per heavy atom. The zero-order valence-electron chi connectivity index (χ0n) is 17.4. The molecule has 0 radical (unpaired) electrons. The first kappa shape index (κ1) is 19.9. The number of benzene rings is 2. The molecule has 6 nitrogen and oxygen atoms in total. The third-order valence-corrected chi connectivity index (χ3v) is 6.42. The van der Waals surface area contributed by atoms with E-state index in [-0.39, 0.29) is 11.9 Å². The predicted octanol–water partition coefficient (Wildman–Crippen LogP) is 4.78. The van der Waals surface area contributed by atoms with Crippen LogP contribution in [0.15, 0.2) is 47.8 Å². The molecule has 2 aliphatic rings. The number of likely N-dealkylation sites (tertiary alicyclic amines) is 1. The zero-order chi connectivity index (χ0) is 21.2. The molecule has 1 aromatic heterocycles. The zero-order valence-corrected chi connectivity index (χ0v) is 18.2. The number of hydrogen-bond acceptors (Lipinski definition) is 6. The lowest BCUT2D eigenvalue weighted by molar-refractivity contribution is 0.0734. The lowest BCUT2D eigenvalue weighted by Gasteiger charge is -2.27. The molecule has 1 saturated heterocycles. The van der Waals surface area contributed by atoms with E-state index in [9.17, 15) is 4.79 Å². The standard InChI is InChI=1S/C24H24N2O4S/c1-16-25-19(15-31-16)14-30-20-5-2-4-18(12-20)24(27)26-9-3-6-21(26)17-7-8-22-23(13-17)29-11-10-28-22/h2,4-5,7-8,12-13,15,21H,3,6,9-11,14H2,1H3/t21-/m1/s1. The van der Waals surface area contributed by atoms with Crippen molar-refractivity contribution < 1.29 is 19.0 Å². The van der Waals surface area contributed by atoms with E-state index in [4.69, 9.17) is 14.2 Å². The monoisotopic (exact) mass is 436 g/mol. The Balaban J connectivity index is 1.32. The number of fused-ring (bicyclic) bond motifs is 1.